The Labute approximate surface area is 134 Å². The average molecular weight is 377 g/mol. The molecule has 2 aromatic carbocycles. The van der Waals surface area contributed by atoms with Crippen molar-refractivity contribution in [3.8, 4) is 0 Å². The minimum absolute atomic E-state index is 0.125. The second-order valence-electron chi connectivity index (χ2n) is 4.10. The summed E-state index contributed by atoms with van der Waals surface area (Å²) in [7, 11) is 0. The van der Waals surface area contributed by atoms with Gasteiger partial charge in [-0.25, -0.2) is 4.39 Å². The van der Waals surface area contributed by atoms with Gasteiger partial charge in [0.15, 0.2) is 0 Å². The topological polar surface area (TPSA) is 29.1 Å². The molecule has 0 spiro atoms. The summed E-state index contributed by atoms with van der Waals surface area (Å²) in [5.74, 6) is -0.687. The Hall–Kier alpha value is -1.10. The third-order valence-corrected chi connectivity index (χ3v) is 3.98. The van der Waals surface area contributed by atoms with Crippen LogP contribution in [0, 0.1) is 5.82 Å². The summed E-state index contributed by atoms with van der Waals surface area (Å²) in [6, 6.07) is 9.06. The molecule has 0 atom stereocenters. The van der Waals surface area contributed by atoms with Crippen LogP contribution in [-0.2, 0) is 11.2 Å². The maximum Gasteiger partial charge on any atom is 0.228 e. The van der Waals surface area contributed by atoms with E-state index in [4.69, 9.17) is 23.2 Å². The fourth-order valence-electron chi connectivity index (χ4n) is 1.62. The van der Waals surface area contributed by atoms with E-state index >= 15 is 0 Å². The van der Waals surface area contributed by atoms with Crippen LogP contribution in [0.25, 0.3) is 0 Å². The maximum atomic E-state index is 13.1. The smallest absolute Gasteiger partial charge is 0.228 e. The molecule has 1 N–H and O–H groups in total. The number of nitrogens with one attached hydrogen (secondary N) is 1. The van der Waals surface area contributed by atoms with Crippen molar-refractivity contribution in [3.63, 3.8) is 0 Å². The van der Waals surface area contributed by atoms with Crippen molar-refractivity contribution in [2.24, 2.45) is 0 Å². The van der Waals surface area contributed by atoms with Gasteiger partial charge in [-0.3, -0.25) is 4.79 Å². The molecule has 0 radical (unpaired) electrons. The number of anilines is 1. The normalized spacial score (nSPS) is 10.4. The summed E-state index contributed by atoms with van der Waals surface area (Å²) in [6.07, 6.45) is 0.125. The predicted octanol–water partition coefficient (Wildman–Crippen LogP) is 5.08. The predicted molar refractivity (Wildman–Crippen MR) is 82.9 cm³/mol. The lowest BCUT2D eigenvalue weighted by atomic mass is 10.1. The van der Waals surface area contributed by atoms with E-state index in [1.54, 1.807) is 18.2 Å². The van der Waals surface area contributed by atoms with Gasteiger partial charge in [0.25, 0.3) is 0 Å². The summed E-state index contributed by atoms with van der Waals surface area (Å²) in [5.41, 5.74) is 1.11. The summed E-state index contributed by atoms with van der Waals surface area (Å²) in [6.45, 7) is 0. The SMILES string of the molecule is O=C(Cc1ccc(Cl)c(Cl)c1)Nc1cc(F)ccc1Br. The molecule has 104 valence electrons. The Kier molecular flexibility index (Phi) is 5.02. The molecule has 0 aliphatic carbocycles. The van der Waals surface area contributed by atoms with Crippen molar-refractivity contribution in [1.29, 1.82) is 0 Å². The van der Waals surface area contributed by atoms with Gasteiger partial charge in [0, 0.05) is 4.47 Å². The van der Waals surface area contributed by atoms with Crippen LogP contribution in [0.1, 0.15) is 5.56 Å². The van der Waals surface area contributed by atoms with Gasteiger partial charge in [0.2, 0.25) is 5.91 Å². The van der Waals surface area contributed by atoms with Gasteiger partial charge < -0.3 is 5.32 Å². The summed E-state index contributed by atoms with van der Waals surface area (Å²) >= 11 is 14.9. The molecule has 20 heavy (non-hydrogen) atoms. The Morgan fingerprint density at radius 1 is 1.15 bits per heavy atom. The van der Waals surface area contributed by atoms with Gasteiger partial charge in [-0.2, -0.15) is 0 Å². The van der Waals surface area contributed by atoms with Gasteiger partial charge in [-0.15, -0.1) is 0 Å². The molecule has 6 heteroatoms. The van der Waals surface area contributed by atoms with Crippen molar-refractivity contribution in [2.45, 2.75) is 6.42 Å². The lowest BCUT2D eigenvalue weighted by Crippen LogP contribution is -2.14. The first kappa shape index (κ1) is 15.3. The van der Waals surface area contributed by atoms with E-state index in [-0.39, 0.29) is 12.3 Å². The molecule has 2 aromatic rings. The highest BCUT2D eigenvalue weighted by Gasteiger charge is 2.09. The molecule has 0 aliphatic heterocycles. The molecule has 0 fully saturated rings. The van der Waals surface area contributed by atoms with Crippen LogP contribution in [0.5, 0.6) is 0 Å². The van der Waals surface area contributed by atoms with Crippen molar-refractivity contribution in [1.82, 2.24) is 0 Å². The van der Waals surface area contributed by atoms with Crippen LogP contribution >= 0.6 is 39.1 Å². The molecular weight excluding hydrogens is 368 g/mol. The van der Waals surface area contributed by atoms with Crippen LogP contribution in [0.2, 0.25) is 10.0 Å². The highest BCUT2D eigenvalue weighted by molar-refractivity contribution is 9.10. The zero-order valence-electron chi connectivity index (χ0n) is 10.1. The van der Waals surface area contributed by atoms with E-state index in [1.165, 1.54) is 18.2 Å². The fraction of sp³-hybridized carbons (Fsp3) is 0.0714. The first-order valence-corrected chi connectivity index (χ1v) is 7.19. The Morgan fingerprint density at radius 2 is 1.90 bits per heavy atom. The van der Waals surface area contributed by atoms with Crippen LogP contribution < -0.4 is 5.32 Å². The van der Waals surface area contributed by atoms with Crippen molar-refractivity contribution in [2.75, 3.05) is 5.32 Å². The van der Waals surface area contributed by atoms with E-state index in [1.807, 2.05) is 0 Å². The maximum absolute atomic E-state index is 13.1. The number of carbonyl (C=O) groups is 1. The number of amides is 1. The van der Waals surface area contributed by atoms with Crippen LogP contribution in [0.15, 0.2) is 40.9 Å². The highest BCUT2D eigenvalue weighted by atomic mass is 79.9. The van der Waals surface area contributed by atoms with Crippen LogP contribution in [0.4, 0.5) is 10.1 Å². The molecule has 2 rings (SSSR count). The van der Waals surface area contributed by atoms with Crippen molar-refractivity contribution >= 4 is 50.7 Å². The van der Waals surface area contributed by atoms with Crippen molar-refractivity contribution < 1.29 is 9.18 Å². The quantitative estimate of drug-likeness (QED) is 0.795. The van der Waals surface area contributed by atoms with Gasteiger partial charge in [0.05, 0.1) is 22.2 Å². The summed E-state index contributed by atoms with van der Waals surface area (Å²) < 4.78 is 13.7. The monoisotopic (exact) mass is 375 g/mol. The minimum atomic E-state index is -0.418. The standard InChI is InChI=1S/C14H9BrCl2FNO/c15-10-3-2-9(18)7-13(10)19-14(20)6-8-1-4-11(16)12(17)5-8/h1-5,7H,6H2,(H,19,20). The molecule has 1 amide bonds. The average Bonchev–Trinajstić information content (AvgIpc) is 2.38. The van der Waals surface area contributed by atoms with E-state index < -0.39 is 5.82 Å². The summed E-state index contributed by atoms with van der Waals surface area (Å²) in [5, 5.41) is 3.46. The van der Waals surface area contributed by atoms with Gasteiger partial charge in [0.1, 0.15) is 5.82 Å². The largest absolute Gasteiger partial charge is 0.325 e. The third-order valence-electron chi connectivity index (χ3n) is 2.55. The number of carbonyl (C=O) groups excluding carboxylic acids is 1. The van der Waals surface area contributed by atoms with Crippen LogP contribution in [-0.4, -0.2) is 5.91 Å². The molecule has 0 bridgehead atoms. The molecule has 0 aliphatic rings. The Balaban J connectivity index is 2.09. The zero-order valence-corrected chi connectivity index (χ0v) is 13.2. The van der Waals surface area contributed by atoms with Crippen molar-refractivity contribution in [3.05, 3.63) is 62.3 Å². The Bertz CT molecular complexity index is 664. The Morgan fingerprint density at radius 3 is 2.60 bits per heavy atom. The van der Waals surface area contributed by atoms with E-state index in [9.17, 15) is 9.18 Å². The molecule has 0 unspecified atom stereocenters. The van der Waals surface area contributed by atoms with E-state index in [0.29, 0.717) is 20.2 Å². The molecule has 0 heterocycles. The third kappa shape index (κ3) is 3.95. The first-order chi connectivity index (χ1) is 9.45. The lowest BCUT2D eigenvalue weighted by Gasteiger charge is -2.08. The molecular formula is C14H9BrCl2FNO. The minimum Gasteiger partial charge on any atom is -0.325 e. The zero-order chi connectivity index (χ0) is 14.7. The first-order valence-electron chi connectivity index (χ1n) is 5.64. The lowest BCUT2D eigenvalue weighted by molar-refractivity contribution is -0.115. The second kappa shape index (κ2) is 6.57. The summed E-state index contributed by atoms with van der Waals surface area (Å²) in [4.78, 5) is 11.9. The van der Waals surface area contributed by atoms with Gasteiger partial charge >= 0.3 is 0 Å². The van der Waals surface area contributed by atoms with E-state index in [0.717, 1.165) is 5.56 Å². The molecule has 0 saturated carbocycles. The fourth-order valence-corrected chi connectivity index (χ4v) is 2.29. The second-order valence-corrected chi connectivity index (χ2v) is 5.77. The molecule has 0 aromatic heterocycles. The van der Waals surface area contributed by atoms with Gasteiger partial charge in [-0.05, 0) is 51.8 Å². The van der Waals surface area contributed by atoms with Gasteiger partial charge in [-0.1, -0.05) is 29.3 Å². The number of rotatable bonds is 3. The van der Waals surface area contributed by atoms with E-state index in [2.05, 4.69) is 21.2 Å². The molecule has 2 nitrogen and oxygen atoms in total. The van der Waals surface area contributed by atoms with Crippen LogP contribution in [0.3, 0.4) is 0 Å². The molecule has 0 saturated heterocycles. The number of hydrogen-bond donors (Lipinski definition) is 1. The number of hydrogen-bond acceptors (Lipinski definition) is 1. The number of halogens is 4. The highest BCUT2D eigenvalue weighted by Crippen LogP contribution is 2.25. The number of benzene rings is 2.